The van der Waals surface area contributed by atoms with Gasteiger partial charge in [-0.15, -0.1) is 11.3 Å². The summed E-state index contributed by atoms with van der Waals surface area (Å²) in [4.78, 5) is 7.28. The second-order valence-electron chi connectivity index (χ2n) is 14.7. The average molecular weight is 761 g/mol. The molecule has 12 aromatic rings. The van der Waals surface area contributed by atoms with Gasteiger partial charge in [-0.05, 0) is 112 Å². The number of furan rings is 1. The molecule has 0 aliphatic heterocycles. The molecule has 12 rings (SSSR count). The van der Waals surface area contributed by atoms with E-state index in [0.717, 1.165) is 77.6 Å². The quantitative estimate of drug-likeness (QED) is 0.169. The van der Waals surface area contributed by atoms with E-state index in [0.29, 0.717) is 5.89 Å². The van der Waals surface area contributed by atoms with Crippen molar-refractivity contribution in [1.82, 2.24) is 4.98 Å². The molecule has 272 valence electrons. The molecule has 3 heterocycles. The Morgan fingerprint density at radius 1 is 0.397 bits per heavy atom. The summed E-state index contributed by atoms with van der Waals surface area (Å²) in [5.74, 6) is 0.599. The highest BCUT2D eigenvalue weighted by atomic mass is 32.1. The summed E-state index contributed by atoms with van der Waals surface area (Å²) in [5, 5.41) is 7.04. The Hall–Kier alpha value is -7.47. The third-order valence-electron chi connectivity index (χ3n) is 11.3. The largest absolute Gasteiger partial charge is 0.456 e. The van der Waals surface area contributed by atoms with E-state index in [1.807, 2.05) is 53.8 Å². The van der Waals surface area contributed by atoms with Crippen molar-refractivity contribution in [3.63, 3.8) is 0 Å². The average Bonchev–Trinajstić information content (AvgIpc) is 4.00. The molecule has 5 heteroatoms. The van der Waals surface area contributed by atoms with Crippen molar-refractivity contribution in [1.29, 1.82) is 0 Å². The van der Waals surface area contributed by atoms with Crippen molar-refractivity contribution < 1.29 is 8.83 Å². The Kier molecular flexibility index (Phi) is 7.37. The Morgan fingerprint density at radius 2 is 1.05 bits per heavy atom. The Labute approximate surface area is 337 Å². The molecule has 0 spiro atoms. The van der Waals surface area contributed by atoms with Crippen LogP contribution in [0.5, 0.6) is 0 Å². The fourth-order valence-corrected chi connectivity index (χ4v) is 9.64. The standard InChI is InChI=1S/C53H32N2O2S/c1-2-11-40-36(10-1)30-39(32-45(40)53-54-46-15-5-7-17-48(46)57-53)55(37-25-20-33(21-26-37)35-24-29-51-44(31-35)42-12-4-8-19-50(42)58-51)38-27-22-34(23-28-38)41-14-9-18-49-52(41)43-13-3-6-16-47(43)56-49/h1-32H. The highest BCUT2D eigenvalue weighted by molar-refractivity contribution is 7.25. The number of hydrogen-bond donors (Lipinski definition) is 0. The van der Waals surface area contributed by atoms with Crippen molar-refractivity contribution in [2.45, 2.75) is 0 Å². The fraction of sp³-hybridized carbons (Fsp3) is 0. The first kappa shape index (κ1) is 32.7. The molecular formula is C53H32N2O2S. The van der Waals surface area contributed by atoms with Gasteiger partial charge in [-0.3, -0.25) is 0 Å². The van der Waals surface area contributed by atoms with Crippen molar-refractivity contribution in [3.05, 3.63) is 194 Å². The van der Waals surface area contributed by atoms with Crippen LogP contribution in [0.25, 0.3) is 97.7 Å². The molecule has 0 unspecified atom stereocenters. The zero-order valence-corrected chi connectivity index (χ0v) is 31.9. The Bertz CT molecular complexity index is 3490. The van der Waals surface area contributed by atoms with Gasteiger partial charge in [0.1, 0.15) is 16.7 Å². The van der Waals surface area contributed by atoms with Gasteiger partial charge in [0, 0.05) is 53.6 Å². The number of rotatable bonds is 6. The van der Waals surface area contributed by atoms with Crippen LogP contribution in [-0.2, 0) is 0 Å². The molecule has 0 aliphatic rings. The van der Waals surface area contributed by atoms with Crippen molar-refractivity contribution in [2.24, 2.45) is 0 Å². The Balaban J connectivity index is 1.01. The monoisotopic (exact) mass is 760 g/mol. The minimum atomic E-state index is 0.599. The summed E-state index contributed by atoms with van der Waals surface area (Å²) in [5.41, 5.74) is 12.0. The van der Waals surface area contributed by atoms with Crippen LogP contribution in [-0.4, -0.2) is 4.98 Å². The smallest absolute Gasteiger partial charge is 0.228 e. The number of benzene rings is 9. The number of aromatic nitrogens is 1. The number of nitrogens with zero attached hydrogens (tertiary/aromatic N) is 2. The van der Waals surface area contributed by atoms with Crippen LogP contribution >= 0.6 is 11.3 Å². The van der Waals surface area contributed by atoms with Crippen molar-refractivity contribution >= 4 is 92.4 Å². The second kappa shape index (κ2) is 13.1. The number of fused-ring (bicyclic) bond motifs is 8. The molecule has 0 aliphatic carbocycles. The van der Waals surface area contributed by atoms with Gasteiger partial charge in [0.25, 0.3) is 0 Å². The number of thiophene rings is 1. The molecule has 9 aromatic carbocycles. The summed E-state index contributed by atoms with van der Waals surface area (Å²) >= 11 is 1.85. The first-order chi connectivity index (χ1) is 28.7. The third-order valence-corrected chi connectivity index (χ3v) is 12.5. The normalized spacial score (nSPS) is 11.8. The lowest BCUT2D eigenvalue weighted by molar-refractivity contribution is 0.620. The van der Waals surface area contributed by atoms with Gasteiger partial charge in [-0.25, -0.2) is 4.98 Å². The van der Waals surface area contributed by atoms with Gasteiger partial charge < -0.3 is 13.7 Å². The van der Waals surface area contributed by atoms with Crippen LogP contribution in [0.1, 0.15) is 0 Å². The first-order valence-corrected chi connectivity index (χ1v) is 20.2. The van der Waals surface area contributed by atoms with Gasteiger partial charge in [0.2, 0.25) is 5.89 Å². The molecule has 0 bridgehead atoms. The number of hydrogen-bond acceptors (Lipinski definition) is 5. The van der Waals surface area contributed by atoms with Crippen LogP contribution in [0.2, 0.25) is 0 Å². The summed E-state index contributed by atoms with van der Waals surface area (Å²) < 4.78 is 15.3. The van der Waals surface area contributed by atoms with E-state index in [2.05, 4.69) is 157 Å². The summed E-state index contributed by atoms with van der Waals surface area (Å²) in [6, 6.07) is 68.7. The van der Waals surface area contributed by atoms with Crippen molar-refractivity contribution in [3.8, 4) is 33.7 Å². The highest BCUT2D eigenvalue weighted by Crippen LogP contribution is 2.43. The maximum atomic E-state index is 6.41. The first-order valence-electron chi connectivity index (χ1n) is 19.4. The molecule has 58 heavy (non-hydrogen) atoms. The molecule has 0 fully saturated rings. The molecule has 3 aromatic heterocycles. The van der Waals surface area contributed by atoms with Crippen LogP contribution in [0.3, 0.4) is 0 Å². The third kappa shape index (κ3) is 5.32. The van der Waals surface area contributed by atoms with E-state index in [4.69, 9.17) is 13.8 Å². The second-order valence-corrected chi connectivity index (χ2v) is 15.8. The number of oxazole rings is 1. The van der Waals surface area contributed by atoms with Crippen LogP contribution in [0, 0.1) is 0 Å². The van der Waals surface area contributed by atoms with Gasteiger partial charge in [0.05, 0.1) is 0 Å². The molecule has 0 amide bonds. The van der Waals surface area contributed by atoms with Crippen LogP contribution in [0.15, 0.2) is 203 Å². The lowest BCUT2D eigenvalue weighted by Gasteiger charge is -2.27. The van der Waals surface area contributed by atoms with E-state index in [1.54, 1.807) is 0 Å². The van der Waals surface area contributed by atoms with Crippen LogP contribution in [0.4, 0.5) is 17.1 Å². The fourth-order valence-electron chi connectivity index (χ4n) is 8.55. The molecule has 0 N–H and O–H groups in total. The lowest BCUT2D eigenvalue weighted by atomic mass is 9.98. The van der Waals surface area contributed by atoms with Gasteiger partial charge in [0.15, 0.2) is 5.58 Å². The van der Waals surface area contributed by atoms with Crippen LogP contribution < -0.4 is 4.90 Å². The molecular weight excluding hydrogens is 729 g/mol. The summed E-state index contributed by atoms with van der Waals surface area (Å²) in [7, 11) is 0. The van der Waals surface area contributed by atoms with Crippen molar-refractivity contribution in [2.75, 3.05) is 4.90 Å². The highest BCUT2D eigenvalue weighted by Gasteiger charge is 2.20. The lowest BCUT2D eigenvalue weighted by Crippen LogP contribution is -2.10. The molecule has 0 saturated carbocycles. The predicted molar refractivity (Wildman–Crippen MR) is 243 cm³/mol. The Morgan fingerprint density at radius 3 is 1.88 bits per heavy atom. The maximum Gasteiger partial charge on any atom is 0.228 e. The minimum absolute atomic E-state index is 0.599. The SMILES string of the molecule is c1ccc2c(-c3nc4ccccc4o3)cc(N(c3ccc(-c4ccc5sc6ccccc6c5c4)cc3)c3ccc(-c4cccc5oc6ccccc6c45)cc3)cc2c1. The predicted octanol–water partition coefficient (Wildman–Crippen LogP) is 15.7. The zero-order chi connectivity index (χ0) is 38.2. The zero-order valence-electron chi connectivity index (χ0n) is 31.1. The number of para-hydroxylation sites is 3. The summed E-state index contributed by atoms with van der Waals surface area (Å²) in [6.45, 7) is 0. The molecule has 0 atom stereocenters. The maximum absolute atomic E-state index is 6.41. The van der Waals surface area contributed by atoms with E-state index >= 15 is 0 Å². The van der Waals surface area contributed by atoms with E-state index in [9.17, 15) is 0 Å². The number of anilines is 3. The topological polar surface area (TPSA) is 42.4 Å². The van der Waals surface area contributed by atoms with E-state index < -0.39 is 0 Å². The molecule has 0 radical (unpaired) electrons. The van der Waals surface area contributed by atoms with E-state index in [-0.39, 0.29) is 0 Å². The molecule has 4 nitrogen and oxygen atoms in total. The summed E-state index contributed by atoms with van der Waals surface area (Å²) in [6.07, 6.45) is 0. The van der Waals surface area contributed by atoms with Gasteiger partial charge >= 0.3 is 0 Å². The minimum Gasteiger partial charge on any atom is -0.456 e. The van der Waals surface area contributed by atoms with E-state index in [1.165, 1.54) is 31.3 Å². The van der Waals surface area contributed by atoms with Gasteiger partial charge in [-0.2, -0.15) is 0 Å². The molecule has 0 saturated heterocycles. The van der Waals surface area contributed by atoms with Gasteiger partial charge in [-0.1, -0.05) is 115 Å².